The summed E-state index contributed by atoms with van der Waals surface area (Å²) < 4.78 is 28.9. The fraction of sp³-hybridized carbons (Fsp3) is 0.333. The summed E-state index contributed by atoms with van der Waals surface area (Å²) >= 11 is 3.18. The quantitative estimate of drug-likeness (QED) is 0.712. The summed E-state index contributed by atoms with van der Waals surface area (Å²) in [5, 5.41) is 16.0. The van der Waals surface area contributed by atoms with Crippen LogP contribution in [0.5, 0.6) is 5.75 Å². The first-order valence-corrected chi connectivity index (χ1v) is 8.19. The number of nitriles is 1. The van der Waals surface area contributed by atoms with Crippen LogP contribution in [0, 0.1) is 18.3 Å². The summed E-state index contributed by atoms with van der Waals surface area (Å²) in [5.41, 5.74) is 0.526. The molecule has 9 heteroatoms. The molecule has 1 amide bonds. The maximum atomic E-state index is 11.6. The monoisotopic (exact) mass is 375 g/mol. The Morgan fingerprint density at radius 1 is 1.52 bits per heavy atom. The molecule has 0 aliphatic heterocycles. The SMILES string of the molecule is Cc1cc(Br)cc(S(N)(=O)=O)c1OCC(=O)NCCC#N. The van der Waals surface area contributed by atoms with Gasteiger partial charge < -0.3 is 10.1 Å². The van der Waals surface area contributed by atoms with Crippen LogP contribution in [0.15, 0.2) is 21.5 Å². The molecule has 0 aliphatic rings. The molecule has 0 saturated carbocycles. The molecule has 0 radical (unpaired) electrons. The first-order chi connectivity index (χ1) is 9.75. The molecule has 0 unspecified atom stereocenters. The predicted octanol–water partition coefficient (Wildman–Crippen LogP) is 0.814. The van der Waals surface area contributed by atoms with Crippen molar-refractivity contribution in [2.24, 2.45) is 5.14 Å². The van der Waals surface area contributed by atoms with Gasteiger partial charge in [0.1, 0.15) is 10.6 Å². The van der Waals surface area contributed by atoms with E-state index in [1.54, 1.807) is 13.0 Å². The van der Waals surface area contributed by atoms with E-state index in [4.69, 9.17) is 15.1 Å². The Kier molecular flexibility index (Phi) is 6.14. The Bertz CT molecular complexity index is 682. The van der Waals surface area contributed by atoms with Gasteiger partial charge >= 0.3 is 0 Å². The molecule has 0 fully saturated rings. The zero-order valence-electron chi connectivity index (χ0n) is 11.2. The van der Waals surface area contributed by atoms with E-state index in [1.165, 1.54) is 6.07 Å². The van der Waals surface area contributed by atoms with Gasteiger partial charge in [0, 0.05) is 11.0 Å². The Balaban J connectivity index is 2.89. The summed E-state index contributed by atoms with van der Waals surface area (Å²) in [4.78, 5) is 11.3. The molecule has 0 bridgehead atoms. The van der Waals surface area contributed by atoms with Crippen molar-refractivity contribution in [3.8, 4) is 11.8 Å². The van der Waals surface area contributed by atoms with Gasteiger partial charge in [0.25, 0.3) is 5.91 Å². The molecular formula is C12H14BrN3O4S. The van der Waals surface area contributed by atoms with E-state index >= 15 is 0 Å². The highest BCUT2D eigenvalue weighted by atomic mass is 79.9. The fourth-order valence-electron chi connectivity index (χ4n) is 1.54. The fourth-order valence-corrected chi connectivity index (χ4v) is 3.04. The minimum atomic E-state index is -3.98. The number of hydrogen-bond acceptors (Lipinski definition) is 5. The van der Waals surface area contributed by atoms with Crippen LogP contribution < -0.4 is 15.2 Å². The van der Waals surface area contributed by atoms with E-state index in [9.17, 15) is 13.2 Å². The Morgan fingerprint density at radius 2 is 2.19 bits per heavy atom. The molecule has 1 aromatic carbocycles. The van der Waals surface area contributed by atoms with Gasteiger partial charge in [-0.2, -0.15) is 5.26 Å². The number of rotatable bonds is 6. The van der Waals surface area contributed by atoms with Crippen molar-refractivity contribution in [1.29, 1.82) is 5.26 Å². The van der Waals surface area contributed by atoms with Crippen LogP contribution in [0.2, 0.25) is 0 Å². The zero-order valence-corrected chi connectivity index (χ0v) is 13.6. The molecule has 1 aromatic rings. The highest BCUT2D eigenvalue weighted by molar-refractivity contribution is 9.10. The molecule has 114 valence electrons. The summed E-state index contributed by atoms with van der Waals surface area (Å²) in [5.74, 6) is -0.413. The lowest BCUT2D eigenvalue weighted by atomic mass is 10.2. The number of benzene rings is 1. The van der Waals surface area contributed by atoms with Gasteiger partial charge in [0.15, 0.2) is 6.61 Å². The first kappa shape index (κ1) is 17.4. The second kappa shape index (κ2) is 7.40. The first-order valence-electron chi connectivity index (χ1n) is 5.85. The van der Waals surface area contributed by atoms with Crippen LogP contribution in [0.25, 0.3) is 0 Å². The smallest absolute Gasteiger partial charge is 0.257 e. The molecule has 0 heterocycles. The van der Waals surface area contributed by atoms with Crippen molar-refractivity contribution < 1.29 is 17.9 Å². The number of hydrogen-bond donors (Lipinski definition) is 2. The zero-order chi connectivity index (χ0) is 16.0. The number of nitrogens with two attached hydrogens (primary N) is 1. The average molecular weight is 376 g/mol. The van der Waals surface area contributed by atoms with Crippen LogP contribution in [-0.2, 0) is 14.8 Å². The Labute approximate surface area is 131 Å². The normalized spacial score (nSPS) is 10.8. The minimum Gasteiger partial charge on any atom is -0.482 e. The molecule has 1 rings (SSSR count). The molecule has 3 N–H and O–H groups in total. The molecule has 0 saturated heterocycles. The minimum absolute atomic E-state index is 0.0381. The third-order valence-electron chi connectivity index (χ3n) is 2.42. The van der Waals surface area contributed by atoms with Crippen LogP contribution >= 0.6 is 15.9 Å². The van der Waals surface area contributed by atoms with Gasteiger partial charge in [-0.1, -0.05) is 15.9 Å². The number of primary sulfonamides is 1. The number of nitrogens with zero attached hydrogens (tertiary/aromatic N) is 1. The lowest BCUT2D eigenvalue weighted by Crippen LogP contribution is -2.30. The third-order valence-corrected chi connectivity index (χ3v) is 3.79. The number of sulfonamides is 1. The number of carbonyl (C=O) groups is 1. The van der Waals surface area contributed by atoms with Crippen molar-refractivity contribution in [3.63, 3.8) is 0 Å². The second-order valence-corrected chi connectivity index (χ2v) is 6.59. The molecule has 7 nitrogen and oxygen atoms in total. The topological polar surface area (TPSA) is 122 Å². The average Bonchev–Trinajstić information content (AvgIpc) is 2.36. The summed E-state index contributed by atoms with van der Waals surface area (Å²) in [6.07, 6.45) is 0.186. The van der Waals surface area contributed by atoms with Crippen molar-refractivity contribution >= 4 is 31.9 Å². The molecule has 0 atom stereocenters. The van der Waals surface area contributed by atoms with Gasteiger partial charge in [-0.3, -0.25) is 4.79 Å². The highest BCUT2D eigenvalue weighted by Crippen LogP contribution is 2.30. The van der Waals surface area contributed by atoms with Crippen molar-refractivity contribution in [3.05, 3.63) is 22.2 Å². The molecule has 0 aromatic heterocycles. The van der Waals surface area contributed by atoms with E-state index in [2.05, 4.69) is 21.2 Å². The van der Waals surface area contributed by atoms with Gasteiger partial charge in [0.2, 0.25) is 10.0 Å². The van der Waals surface area contributed by atoms with Gasteiger partial charge in [-0.05, 0) is 24.6 Å². The largest absolute Gasteiger partial charge is 0.482 e. The number of ether oxygens (including phenoxy) is 1. The molecular weight excluding hydrogens is 362 g/mol. The van der Waals surface area contributed by atoms with Crippen LogP contribution in [0.3, 0.4) is 0 Å². The highest BCUT2D eigenvalue weighted by Gasteiger charge is 2.19. The van der Waals surface area contributed by atoms with E-state index in [-0.39, 0.29) is 30.2 Å². The van der Waals surface area contributed by atoms with Crippen molar-refractivity contribution in [2.75, 3.05) is 13.2 Å². The van der Waals surface area contributed by atoms with Crippen molar-refractivity contribution in [1.82, 2.24) is 5.32 Å². The van der Waals surface area contributed by atoms with E-state index in [0.29, 0.717) is 10.0 Å². The summed E-state index contributed by atoms with van der Waals surface area (Å²) in [6, 6.07) is 4.85. The van der Waals surface area contributed by atoms with Crippen LogP contribution in [-0.4, -0.2) is 27.5 Å². The Morgan fingerprint density at radius 3 is 2.76 bits per heavy atom. The lowest BCUT2D eigenvalue weighted by molar-refractivity contribution is -0.123. The summed E-state index contributed by atoms with van der Waals surface area (Å²) in [6.45, 7) is 1.48. The van der Waals surface area contributed by atoms with Crippen LogP contribution in [0.4, 0.5) is 0 Å². The van der Waals surface area contributed by atoms with Gasteiger partial charge in [-0.25, -0.2) is 13.6 Å². The van der Waals surface area contributed by atoms with Gasteiger partial charge in [0.05, 0.1) is 12.5 Å². The number of aryl methyl sites for hydroxylation is 1. The van der Waals surface area contributed by atoms with E-state index in [0.717, 1.165) is 0 Å². The van der Waals surface area contributed by atoms with E-state index in [1.807, 2.05) is 6.07 Å². The Hall–Kier alpha value is -1.63. The number of amides is 1. The van der Waals surface area contributed by atoms with Crippen molar-refractivity contribution in [2.45, 2.75) is 18.2 Å². The maximum absolute atomic E-state index is 11.6. The van der Waals surface area contributed by atoms with Gasteiger partial charge in [-0.15, -0.1) is 0 Å². The lowest BCUT2D eigenvalue weighted by Gasteiger charge is -2.13. The number of halogens is 1. The molecule has 21 heavy (non-hydrogen) atoms. The number of nitrogens with one attached hydrogen (secondary N) is 1. The third kappa shape index (κ3) is 5.34. The predicted molar refractivity (Wildman–Crippen MR) is 79.0 cm³/mol. The number of carbonyl (C=O) groups excluding carboxylic acids is 1. The maximum Gasteiger partial charge on any atom is 0.257 e. The summed E-state index contributed by atoms with van der Waals surface area (Å²) in [7, 11) is -3.98. The molecule has 0 spiro atoms. The second-order valence-electron chi connectivity index (χ2n) is 4.14. The van der Waals surface area contributed by atoms with Crippen LogP contribution in [0.1, 0.15) is 12.0 Å². The molecule has 0 aliphatic carbocycles. The van der Waals surface area contributed by atoms with E-state index < -0.39 is 15.9 Å². The standard InChI is InChI=1S/C12H14BrN3O4S/c1-8-5-9(13)6-10(21(15,18)19)12(8)20-7-11(17)16-4-2-3-14/h5-6H,2,4,7H2,1H3,(H,16,17)(H2,15,18,19).